The summed E-state index contributed by atoms with van der Waals surface area (Å²) in [6, 6.07) is 19.9. The van der Waals surface area contributed by atoms with Gasteiger partial charge >= 0.3 is 0 Å². The molecule has 0 N–H and O–H groups in total. The second kappa shape index (κ2) is 7.36. The molecular weight excluding hydrogens is 335 g/mol. The molecule has 0 amide bonds. The van der Waals surface area contributed by atoms with Crippen LogP contribution in [0.1, 0.15) is 35.7 Å². The van der Waals surface area contributed by atoms with Gasteiger partial charge in [-0.1, -0.05) is 43.7 Å². The van der Waals surface area contributed by atoms with E-state index in [4.69, 9.17) is 4.98 Å². The van der Waals surface area contributed by atoms with Crippen molar-refractivity contribution in [3.05, 3.63) is 95.1 Å². The van der Waals surface area contributed by atoms with Crippen molar-refractivity contribution < 1.29 is 4.39 Å². The van der Waals surface area contributed by atoms with Gasteiger partial charge in [0, 0.05) is 29.4 Å². The van der Waals surface area contributed by atoms with Gasteiger partial charge in [-0.15, -0.1) is 0 Å². The third kappa shape index (κ3) is 3.25. The summed E-state index contributed by atoms with van der Waals surface area (Å²) in [6.45, 7) is 4.04. The fourth-order valence-corrected chi connectivity index (χ4v) is 3.72. The number of halogens is 1. The van der Waals surface area contributed by atoms with E-state index in [1.165, 1.54) is 17.0 Å². The lowest BCUT2D eigenvalue weighted by Crippen LogP contribution is -2.03. The summed E-state index contributed by atoms with van der Waals surface area (Å²) in [5, 5.41) is 1.19. The first-order valence-corrected chi connectivity index (χ1v) is 9.46. The zero-order valence-electron chi connectivity index (χ0n) is 15.7. The van der Waals surface area contributed by atoms with Crippen LogP contribution in [0.2, 0.25) is 0 Å². The monoisotopic (exact) mass is 358 g/mol. The third-order valence-electron chi connectivity index (χ3n) is 5.15. The highest BCUT2D eigenvalue weighted by atomic mass is 19.1. The zero-order valence-corrected chi connectivity index (χ0v) is 15.7. The number of pyridine rings is 1. The van der Waals surface area contributed by atoms with Gasteiger partial charge < -0.3 is 0 Å². The van der Waals surface area contributed by atoms with E-state index < -0.39 is 0 Å². The molecule has 27 heavy (non-hydrogen) atoms. The molecule has 0 saturated carbocycles. The SMILES string of the molecule is CCCc1ccnc2c1cc(Cc1cccc(F)c1C)n2-c1ccccc1. The van der Waals surface area contributed by atoms with Crippen LogP contribution in [0.25, 0.3) is 16.7 Å². The molecule has 2 aromatic heterocycles. The van der Waals surface area contributed by atoms with E-state index in [1.807, 2.05) is 37.4 Å². The van der Waals surface area contributed by atoms with Gasteiger partial charge in [-0.2, -0.15) is 0 Å². The first-order chi connectivity index (χ1) is 13.2. The Bertz CT molecular complexity index is 1080. The van der Waals surface area contributed by atoms with Crippen molar-refractivity contribution in [2.24, 2.45) is 0 Å². The molecule has 2 heterocycles. The molecule has 0 aliphatic rings. The maximum Gasteiger partial charge on any atom is 0.144 e. The van der Waals surface area contributed by atoms with Gasteiger partial charge in [-0.3, -0.25) is 4.57 Å². The summed E-state index contributed by atoms with van der Waals surface area (Å²) >= 11 is 0. The largest absolute Gasteiger partial charge is 0.298 e. The quantitative estimate of drug-likeness (QED) is 0.427. The fraction of sp³-hybridized carbons (Fsp3) is 0.208. The number of aryl methyl sites for hydroxylation is 1. The Morgan fingerprint density at radius 1 is 0.963 bits per heavy atom. The smallest absolute Gasteiger partial charge is 0.144 e. The van der Waals surface area contributed by atoms with Gasteiger partial charge in [-0.25, -0.2) is 9.37 Å². The topological polar surface area (TPSA) is 17.8 Å². The lowest BCUT2D eigenvalue weighted by molar-refractivity contribution is 0.616. The van der Waals surface area contributed by atoms with Crippen molar-refractivity contribution >= 4 is 11.0 Å². The highest BCUT2D eigenvalue weighted by Gasteiger charge is 2.16. The van der Waals surface area contributed by atoms with Crippen LogP contribution < -0.4 is 0 Å². The maximum absolute atomic E-state index is 14.1. The average Bonchev–Trinajstić information content (AvgIpc) is 3.05. The summed E-state index contributed by atoms with van der Waals surface area (Å²) in [5.74, 6) is -0.153. The highest BCUT2D eigenvalue weighted by molar-refractivity contribution is 5.83. The highest BCUT2D eigenvalue weighted by Crippen LogP contribution is 2.28. The number of nitrogens with zero attached hydrogens (tertiary/aromatic N) is 2. The molecule has 0 aliphatic heterocycles. The third-order valence-corrected chi connectivity index (χ3v) is 5.15. The lowest BCUT2D eigenvalue weighted by Gasteiger charge is -2.12. The molecule has 2 nitrogen and oxygen atoms in total. The Kier molecular flexibility index (Phi) is 4.76. The van der Waals surface area contributed by atoms with E-state index in [-0.39, 0.29) is 5.82 Å². The number of aromatic nitrogens is 2. The number of hydrogen-bond acceptors (Lipinski definition) is 1. The molecule has 0 unspecified atom stereocenters. The number of hydrogen-bond donors (Lipinski definition) is 0. The molecule has 4 aromatic rings. The predicted molar refractivity (Wildman–Crippen MR) is 109 cm³/mol. The van der Waals surface area contributed by atoms with Crippen LogP contribution in [0.3, 0.4) is 0 Å². The Morgan fingerprint density at radius 3 is 2.56 bits per heavy atom. The lowest BCUT2D eigenvalue weighted by atomic mass is 10.0. The minimum atomic E-state index is -0.153. The summed E-state index contributed by atoms with van der Waals surface area (Å²) < 4.78 is 16.3. The van der Waals surface area contributed by atoms with Crippen LogP contribution in [-0.4, -0.2) is 9.55 Å². The molecule has 0 saturated heterocycles. The van der Waals surface area contributed by atoms with Gasteiger partial charge in [-0.05, 0) is 60.4 Å². The van der Waals surface area contributed by atoms with E-state index >= 15 is 0 Å². The number of para-hydroxylation sites is 1. The van der Waals surface area contributed by atoms with Gasteiger partial charge in [0.25, 0.3) is 0 Å². The van der Waals surface area contributed by atoms with Crippen molar-refractivity contribution in [1.82, 2.24) is 9.55 Å². The molecule has 0 aliphatic carbocycles. The molecule has 0 atom stereocenters. The maximum atomic E-state index is 14.1. The van der Waals surface area contributed by atoms with Crippen LogP contribution >= 0.6 is 0 Å². The molecule has 0 bridgehead atoms. The normalized spacial score (nSPS) is 11.2. The standard InChI is InChI=1S/C24H23FN2/c1-3-8-18-13-14-26-24-22(18)16-21(27(24)20-10-5-4-6-11-20)15-19-9-7-12-23(25)17(19)2/h4-7,9-14,16H,3,8,15H2,1-2H3. The summed E-state index contributed by atoms with van der Waals surface area (Å²) in [7, 11) is 0. The van der Waals surface area contributed by atoms with Crippen LogP contribution in [0, 0.1) is 12.7 Å². The van der Waals surface area contributed by atoms with Gasteiger partial charge in [0.1, 0.15) is 11.5 Å². The Labute approximate surface area is 159 Å². The average molecular weight is 358 g/mol. The minimum absolute atomic E-state index is 0.153. The van der Waals surface area contributed by atoms with Crippen molar-refractivity contribution in [2.45, 2.75) is 33.1 Å². The van der Waals surface area contributed by atoms with E-state index in [0.29, 0.717) is 12.0 Å². The first-order valence-electron chi connectivity index (χ1n) is 9.46. The van der Waals surface area contributed by atoms with Crippen molar-refractivity contribution in [3.8, 4) is 5.69 Å². The second-order valence-corrected chi connectivity index (χ2v) is 6.96. The molecule has 0 fully saturated rings. The Hall–Kier alpha value is -2.94. The number of rotatable bonds is 5. The number of fused-ring (bicyclic) bond motifs is 1. The van der Waals surface area contributed by atoms with Crippen LogP contribution in [0.5, 0.6) is 0 Å². The van der Waals surface area contributed by atoms with Crippen LogP contribution in [0.4, 0.5) is 4.39 Å². The van der Waals surface area contributed by atoms with Crippen LogP contribution in [-0.2, 0) is 12.8 Å². The second-order valence-electron chi connectivity index (χ2n) is 6.96. The fourth-order valence-electron chi connectivity index (χ4n) is 3.72. The number of benzene rings is 2. The van der Waals surface area contributed by atoms with E-state index in [1.54, 1.807) is 6.07 Å². The summed E-state index contributed by atoms with van der Waals surface area (Å²) in [4.78, 5) is 4.69. The van der Waals surface area contributed by atoms with Gasteiger partial charge in [0.05, 0.1) is 0 Å². The van der Waals surface area contributed by atoms with E-state index in [2.05, 4.69) is 35.8 Å². The molecular formula is C24H23FN2. The predicted octanol–water partition coefficient (Wildman–Crippen LogP) is 6.02. The molecule has 0 radical (unpaired) electrons. The van der Waals surface area contributed by atoms with Crippen molar-refractivity contribution in [3.63, 3.8) is 0 Å². The van der Waals surface area contributed by atoms with Crippen molar-refractivity contribution in [1.29, 1.82) is 0 Å². The Balaban J connectivity index is 1.93. The molecule has 4 rings (SSSR count). The van der Waals surface area contributed by atoms with E-state index in [0.717, 1.165) is 35.4 Å². The van der Waals surface area contributed by atoms with Gasteiger partial charge in [0.15, 0.2) is 0 Å². The van der Waals surface area contributed by atoms with Gasteiger partial charge in [0.2, 0.25) is 0 Å². The molecule has 136 valence electrons. The minimum Gasteiger partial charge on any atom is -0.298 e. The van der Waals surface area contributed by atoms with Crippen molar-refractivity contribution in [2.75, 3.05) is 0 Å². The first kappa shape index (κ1) is 17.5. The van der Waals surface area contributed by atoms with E-state index in [9.17, 15) is 4.39 Å². The van der Waals surface area contributed by atoms with Crippen LogP contribution in [0.15, 0.2) is 66.9 Å². The molecule has 2 aromatic carbocycles. The Morgan fingerprint density at radius 2 is 1.78 bits per heavy atom. The molecule has 3 heteroatoms. The summed E-state index contributed by atoms with van der Waals surface area (Å²) in [5.41, 5.74) is 6.21. The molecule has 0 spiro atoms. The zero-order chi connectivity index (χ0) is 18.8. The summed E-state index contributed by atoms with van der Waals surface area (Å²) in [6.07, 6.45) is 4.68.